The van der Waals surface area contributed by atoms with Crippen molar-refractivity contribution in [2.45, 2.75) is 107 Å². The first-order valence-corrected chi connectivity index (χ1v) is 21.9. The first kappa shape index (κ1) is 44.1. The highest BCUT2D eigenvalue weighted by Gasteiger charge is 2.67. The lowest BCUT2D eigenvalue weighted by molar-refractivity contribution is -0.133. The summed E-state index contributed by atoms with van der Waals surface area (Å²) >= 11 is 5.61. The van der Waals surface area contributed by atoms with Crippen molar-refractivity contribution < 1.29 is 43.3 Å². The van der Waals surface area contributed by atoms with Gasteiger partial charge in [-0.25, -0.2) is 0 Å². The van der Waals surface area contributed by atoms with Gasteiger partial charge >= 0.3 is 10.2 Å². The maximum atomic E-state index is 13.9. The zero-order valence-corrected chi connectivity index (χ0v) is 34.8. The van der Waals surface area contributed by atoms with Crippen molar-refractivity contribution in [2.75, 3.05) is 48.3 Å². The van der Waals surface area contributed by atoms with Crippen LogP contribution in [0.3, 0.4) is 0 Å². The second-order valence-electron chi connectivity index (χ2n) is 16.3. The highest BCUT2D eigenvalue weighted by Crippen LogP contribution is 3.02. The maximum Gasteiger partial charge on any atom is 0.311 e. The minimum absolute atomic E-state index is 0.0616. The molecule has 3 N–H and O–H groups in total. The molecule has 3 atom stereocenters. The molecule has 2 aromatic carbocycles. The molecule has 6 rings (SSSR count). The number of halogens is 5. The summed E-state index contributed by atoms with van der Waals surface area (Å²) in [5, 5.41) is 17.4. The van der Waals surface area contributed by atoms with Crippen molar-refractivity contribution in [3.63, 3.8) is 0 Å². The Hall–Kier alpha value is -4.42. The summed E-state index contributed by atoms with van der Waals surface area (Å²) in [5.41, 5.74) is -1.75. The molecule has 20 heteroatoms. The molecular formula is C39H49F5N8O5S2. The number of piperidine rings is 1. The Morgan fingerprint density at radius 1 is 0.983 bits per heavy atom. The normalized spacial score (nSPS) is 26.8. The minimum Gasteiger partial charge on any atom is -0.377 e. The van der Waals surface area contributed by atoms with E-state index in [0.29, 0.717) is 62.7 Å². The number of nitrogens with one attached hydrogen (secondary N) is 3. The van der Waals surface area contributed by atoms with Gasteiger partial charge in [-0.05, 0) is 108 Å². The number of imide groups is 1. The average molecular weight is 869 g/mol. The van der Waals surface area contributed by atoms with E-state index in [1.165, 1.54) is 6.07 Å². The van der Waals surface area contributed by atoms with E-state index in [0.717, 1.165) is 24.1 Å². The molecule has 0 bridgehead atoms. The van der Waals surface area contributed by atoms with Gasteiger partial charge in [-0.2, -0.15) is 5.26 Å². The van der Waals surface area contributed by atoms with Crippen LogP contribution in [0.2, 0.25) is 0 Å². The zero-order chi connectivity index (χ0) is 43.1. The summed E-state index contributed by atoms with van der Waals surface area (Å²) in [5.74, 6) is -1.49. The quantitative estimate of drug-likeness (QED) is 0.122. The van der Waals surface area contributed by atoms with Crippen molar-refractivity contribution >= 4 is 68.2 Å². The summed E-state index contributed by atoms with van der Waals surface area (Å²) in [7, 11) is -10.3. The lowest BCUT2D eigenvalue weighted by atomic mass is 9.89. The van der Waals surface area contributed by atoms with E-state index in [4.69, 9.17) is 22.2 Å². The van der Waals surface area contributed by atoms with E-state index < -0.39 is 43.9 Å². The number of rotatable bonds is 12. The number of carbonyl (C=O) groups excluding carboxylic acids is 4. The third-order valence-electron chi connectivity index (χ3n) is 11.5. The Labute approximate surface area is 345 Å². The van der Waals surface area contributed by atoms with Crippen LogP contribution in [0.25, 0.3) is 0 Å². The van der Waals surface area contributed by atoms with Gasteiger partial charge in [-0.15, -0.1) is 0 Å². The Kier molecular flexibility index (Phi) is 11.9. The first-order valence-electron chi connectivity index (χ1n) is 19.5. The van der Waals surface area contributed by atoms with Crippen molar-refractivity contribution in [2.24, 2.45) is 0 Å². The Bertz CT molecular complexity index is 2050. The van der Waals surface area contributed by atoms with Gasteiger partial charge < -0.3 is 20.3 Å². The van der Waals surface area contributed by atoms with E-state index in [2.05, 4.69) is 39.6 Å². The Morgan fingerprint density at radius 3 is 2.27 bits per heavy atom. The van der Waals surface area contributed by atoms with Crippen LogP contribution in [0, 0.1) is 11.3 Å². The molecule has 1 unspecified atom stereocenters. The van der Waals surface area contributed by atoms with E-state index in [1.807, 2.05) is 0 Å². The standard InChI is InChI=1S/C39H49F5N8O5S2/c1-24-21-49(22-25(2)50(24)23-35(54)47-28-7-5-6-27(18-28)46-32-14-15-34(53)48-36(32)55)16-17-57-31-12-10-29(11-13-31)52-38(58)51(37(56)39(52,3)4)30-9-8-26(20-45)33(19-30)59(40,41,42,43)44/h5-9,18-19,24-25,29,31-32,46H,10-17,21-23H2,1-4H3,(H,47,54)(H,48,53,55)/t24-,25+,29?,31?,32?. The van der Waals surface area contributed by atoms with Crippen molar-refractivity contribution in [1.82, 2.24) is 20.0 Å². The van der Waals surface area contributed by atoms with Crippen LogP contribution >= 0.6 is 22.4 Å². The van der Waals surface area contributed by atoms with Crippen LogP contribution in [-0.4, -0.2) is 112 Å². The number of thiocarbonyl (C=S) groups is 1. The molecule has 1 aliphatic carbocycles. The number of amides is 4. The van der Waals surface area contributed by atoms with Gasteiger partial charge in [0, 0.05) is 55.6 Å². The molecule has 2 aromatic rings. The smallest absolute Gasteiger partial charge is 0.311 e. The second kappa shape index (κ2) is 15.9. The minimum atomic E-state index is -10.3. The third kappa shape index (κ3) is 9.97. The van der Waals surface area contributed by atoms with Gasteiger partial charge in [0.15, 0.2) is 5.11 Å². The summed E-state index contributed by atoms with van der Waals surface area (Å²) in [6.07, 6.45) is 3.02. The van der Waals surface area contributed by atoms with Crippen LogP contribution in [-0.2, 0) is 23.9 Å². The summed E-state index contributed by atoms with van der Waals surface area (Å²) < 4.78 is 75.7. The number of carbonyl (C=O) groups is 4. The molecule has 13 nitrogen and oxygen atoms in total. The molecule has 0 aromatic heterocycles. The van der Waals surface area contributed by atoms with Gasteiger partial charge in [0.05, 0.1) is 30.5 Å². The fourth-order valence-corrected chi connectivity index (χ4v) is 10.0. The number of anilines is 3. The fraction of sp³-hybridized carbons (Fsp3) is 0.538. The van der Waals surface area contributed by atoms with Crippen LogP contribution in [0.1, 0.15) is 71.8 Å². The van der Waals surface area contributed by atoms with Crippen molar-refractivity contribution in [1.29, 1.82) is 5.26 Å². The molecule has 4 aliphatic rings. The fourth-order valence-electron chi connectivity index (χ4n) is 8.58. The van der Waals surface area contributed by atoms with Gasteiger partial charge in [0.2, 0.25) is 17.7 Å². The molecule has 3 saturated heterocycles. The van der Waals surface area contributed by atoms with Crippen LogP contribution in [0.4, 0.5) is 36.5 Å². The third-order valence-corrected chi connectivity index (χ3v) is 13.0. The Morgan fingerprint density at radius 2 is 1.64 bits per heavy atom. The number of ether oxygens (including phenoxy) is 1. The summed E-state index contributed by atoms with van der Waals surface area (Å²) in [4.78, 5) is 55.0. The SMILES string of the molecule is C[C@@H]1CN(CCOC2CCC(N3C(=S)N(c4ccc(C#N)c(S(F)(F)(F)(F)F)c4)C(=O)C3(C)C)CC2)C[C@H](C)N1CC(=O)Nc1cccc(NC2CCC(=O)NC2=O)c1. The lowest BCUT2D eigenvalue weighted by Crippen LogP contribution is -2.58. The molecule has 3 heterocycles. The van der Waals surface area contributed by atoms with Gasteiger partial charge in [-0.1, -0.05) is 25.5 Å². The molecule has 0 spiro atoms. The highest BCUT2D eigenvalue weighted by atomic mass is 32.5. The first-order chi connectivity index (χ1) is 27.4. The van der Waals surface area contributed by atoms with Crippen molar-refractivity contribution in [3.8, 4) is 6.07 Å². The molecule has 0 radical (unpaired) electrons. The van der Waals surface area contributed by atoms with E-state index >= 15 is 0 Å². The number of benzene rings is 2. The van der Waals surface area contributed by atoms with Gasteiger partial charge in [0.25, 0.3) is 5.91 Å². The van der Waals surface area contributed by atoms with E-state index in [9.17, 15) is 38.6 Å². The van der Waals surface area contributed by atoms with Crippen LogP contribution in [0.5, 0.6) is 0 Å². The number of hydrogen-bond acceptors (Lipinski definition) is 10. The predicted molar refractivity (Wildman–Crippen MR) is 217 cm³/mol. The molecule has 4 fully saturated rings. The number of piperazine rings is 1. The van der Waals surface area contributed by atoms with Crippen LogP contribution in [0.15, 0.2) is 47.4 Å². The summed E-state index contributed by atoms with van der Waals surface area (Å²) in [6, 6.07) is 9.44. The van der Waals surface area contributed by atoms with Crippen LogP contribution < -0.4 is 20.9 Å². The highest BCUT2D eigenvalue weighted by molar-refractivity contribution is 8.45. The number of nitrogens with zero attached hydrogens (tertiary/aromatic N) is 5. The summed E-state index contributed by atoms with van der Waals surface area (Å²) in [6.45, 7) is 10.2. The molecule has 59 heavy (non-hydrogen) atoms. The molecular weight excluding hydrogens is 820 g/mol. The van der Waals surface area contributed by atoms with E-state index in [1.54, 1.807) is 43.0 Å². The van der Waals surface area contributed by atoms with Crippen molar-refractivity contribution in [3.05, 3.63) is 48.0 Å². The maximum absolute atomic E-state index is 13.9. The average Bonchev–Trinajstić information content (AvgIpc) is 3.32. The number of hydrogen-bond donors (Lipinski definition) is 3. The molecule has 3 aliphatic heterocycles. The Balaban J connectivity index is 0.958. The van der Waals surface area contributed by atoms with Gasteiger partial charge in [-0.3, -0.25) is 39.2 Å². The topological polar surface area (TPSA) is 150 Å². The number of nitriles is 1. The predicted octanol–water partition coefficient (Wildman–Crippen LogP) is 6.51. The largest absolute Gasteiger partial charge is 0.377 e. The monoisotopic (exact) mass is 868 g/mol. The molecule has 1 saturated carbocycles. The van der Waals surface area contributed by atoms with E-state index in [-0.39, 0.29) is 66.1 Å². The lowest BCUT2D eigenvalue weighted by Gasteiger charge is -2.44. The second-order valence-corrected chi connectivity index (χ2v) is 19.1. The molecule has 4 amide bonds. The molecule has 322 valence electrons. The zero-order valence-electron chi connectivity index (χ0n) is 33.2. The van der Waals surface area contributed by atoms with Gasteiger partial charge in [0.1, 0.15) is 22.5 Å².